The number of fused-ring (bicyclic) bond motifs is 1. The third-order valence-corrected chi connectivity index (χ3v) is 6.52. The number of halogens is 1. The molecular weight excluding hydrogens is 383 g/mol. The van der Waals surface area contributed by atoms with Crippen molar-refractivity contribution < 1.29 is 22.3 Å². The molecule has 28 heavy (non-hydrogen) atoms. The Hall–Kier alpha value is -2.45. The zero-order valence-electron chi connectivity index (χ0n) is 15.4. The molecule has 2 aliphatic heterocycles. The molecule has 2 aromatic carbocycles. The predicted octanol–water partition coefficient (Wildman–Crippen LogP) is 3.00. The van der Waals surface area contributed by atoms with Gasteiger partial charge in [-0.05, 0) is 67.6 Å². The van der Waals surface area contributed by atoms with Crippen LogP contribution in [0.25, 0.3) is 0 Å². The predicted molar refractivity (Wildman–Crippen MR) is 103 cm³/mol. The van der Waals surface area contributed by atoms with Crippen molar-refractivity contribution in [2.75, 3.05) is 22.8 Å². The molecule has 6 nitrogen and oxygen atoms in total. The number of hydrogen-bond acceptors (Lipinski definition) is 4. The minimum Gasteiger partial charge on any atom is -0.368 e. The SMILES string of the molecule is Cc1cc(S(=O)(=O)Nc2ccc3c(c2)N(C(=O)C2CCCO2)CC3)ccc1F. The van der Waals surface area contributed by atoms with E-state index in [0.717, 1.165) is 24.5 Å². The van der Waals surface area contributed by atoms with Crippen LogP contribution >= 0.6 is 0 Å². The number of sulfonamides is 1. The normalized spacial score (nSPS) is 18.9. The number of nitrogens with one attached hydrogen (secondary N) is 1. The lowest BCUT2D eigenvalue weighted by Gasteiger charge is -2.21. The van der Waals surface area contributed by atoms with Crippen LogP contribution in [0.4, 0.5) is 15.8 Å². The first kappa shape index (κ1) is 18.9. The molecule has 8 heteroatoms. The first-order chi connectivity index (χ1) is 13.3. The Morgan fingerprint density at radius 1 is 1.25 bits per heavy atom. The molecule has 2 aliphatic rings. The van der Waals surface area contributed by atoms with E-state index in [2.05, 4.69) is 4.72 Å². The molecule has 0 radical (unpaired) electrons. The fraction of sp³-hybridized carbons (Fsp3) is 0.350. The summed E-state index contributed by atoms with van der Waals surface area (Å²) in [4.78, 5) is 14.4. The molecule has 2 aromatic rings. The summed E-state index contributed by atoms with van der Waals surface area (Å²) in [5.74, 6) is -0.537. The Balaban J connectivity index is 1.59. The Kier molecular flexibility index (Phi) is 4.84. The molecule has 1 fully saturated rings. The van der Waals surface area contributed by atoms with E-state index in [4.69, 9.17) is 4.74 Å². The molecule has 4 rings (SSSR count). The maximum atomic E-state index is 13.4. The van der Waals surface area contributed by atoms with Crippen LogP contribution in [-0.2, 0) is 26.0 Å². The number of carbonyl (C=O) groups is 1. The first-order valence-corrected chi connectivity index (χ1v) is 10.7. The van der Waals surface area contributed by atoms with Crippen LogP contribution in [0.1, 0.15) is 24.0 Å². The Labute approximate surface area is 163 Å². The monoisotopic (exact) mass is 404 g/mol. The molecule has 1 saturated heterocycles. The average molecular weight is 404 g/mol. The lowest BCUT2D eigenvalue weighted by molar-refractivity contribution is -0.127. The summed E-state index contributed by atoms with van der Waals surface area (Å²) in [6.07, 6.45) is 1.88. The minimum atomic E-state index is -3.87. The third kappa shape index (κ3) is 3.49. The standard InChI is InChI=1S/C20H21FN2O4S/c1-13-11-16(6-7-17(13)21)28(25,26)22-15-5-4-14-8-9-23(18(14)12-15)20(24)19-3-2-10-27-19/h4-7,11-12,19,22H,2-3,8-10H2,1H3. The number of hydrogen-bond donors (Lipinski definition) is 1. The van der Waals surface area contributed by atoms with Gasteiger partial charge in [0.15, 0.2) is 0 Å². The first-order valence-electron chi connectivity index (χ1n) is 9.20. The zero-order chi connectivity index (χ0) is 19.9. The largest absolute Gasteiger partial charge is 0.368 e. The number of ether oxygens (including phenoxy) is 1. The summed E-state index contributed by atoms with van der Waals surface area (Å²) in [6.45, 7) is 2.66. The van der Waals surface area contributed by atoms with Crippen molar-refractivity contribution >= 4 is 27.3 Å². The molecule has 0 bridgehead atoms. The number of amides is 1. The number of benzene rings is 2. The zero-order valence-corrected chi connectivity index (χ0v) is 16.3. The molecule has 1 amide bonds. The van der Waals surface area contributed by atoms with Gasteiger partial charge in [0.25, 0.3) is 15.9 Å². The second-order valence-corrected chi connectivity index (χ2v) is 8.78. The van der Waals surface area contributed by atoms with Crippen molar-refractivity contribution in [2.24, 2.45) is 0 Å². The van der Waals surface area contributed by atoms with Crippen molar-refractivity contribution in [1.82, 2.24) is 0 Å². The van der Waals surface area contributed by atoms with Gasteiger partial charge in [0.05, 0.1) is 10.6 Å². The van der Waals surface area contributed by atoms with E-state index in [1.807, 2.05) is 6.07 Å². The molecule has 0 aromatic heterocycles. The van der Waals surface area contributed by atoms with E-state index in [1.165, 1.54) is 19.1 Å². The minimum absolute atomic E-state index is 0.0146. The van der Waals surface area contributed by atoms with Gasteiger partial charge in [-0.15, -0.1) is 0 Å². The second-order valence-electron chi connectivity index (χ2n) is 7.10. The maximum absolute atomic E-state index is 13.4. The summed E-state index contributed by atoms with van der Waals surface area (Å²) in [5, 5.41) is 0. The van der Waals surface area contributed by atoms with E-state index in [1.54, 1.807) is 17.0 Å². The van der Waals surface area contributed by atoms with Gasteiger partial charge in [0, 0.05) is 18.8 Å². The summed E-state index contributed by atoms with van der Waals surface area (Å²) < 4.78 is 46.8. The fourth-order valence-corrected chi connectivity index (χ4v) is 4.75. The highest BCUT2D eigenvalue weighted by molar-refractivity contribution is 7.92. The van der Waals surface area contributed by atoms with E-state index in [9.17, 15) is 17.6 Å². The van der Waals surface area contributed by atoms with Gasteiger partial charge in [0.1, 0.15) is 11.9 Å². The van der Waals surface area contributed by atoms with Gasteiger partial charge in [-0.3, -0.25) is 9.52 Å². The van der Waals surface area contributed by atoms with Gasteiger partial charge < -0.3 is 9.64 Å². The van der Waals surface area contributed by atoms with Crippen molar-refractivity contribution in [2.45, 2.75) is 37.2 Å². The van der Waals surface area contributed by atoms with Gasteiger partial charge in [0.2, 0.25) is 0 Å². The van der Waals surface area contributed by atoms with Crippen LogP contribution in [-0.4, -0.2) is 33.6 Å². The van der Waals surface area contributed by atoms with Crippen molar-refractivity contribution in [3.05, 3.63) is 53.3 Å². The number of aryl methyl sites for hydroxylation is 1. The number of anilines is 2. The molecule has 0 aliphatic carbocycles. The van der Waals surface area contributed by atoms with Gasteiger partial charge in [-0.25, -0.2) is 12.8 Å². The van der Waals surface area contributed by atoms with E-state index in [0.29, 0.717) is 30.9 Å². The van der Waals surface area contributed by atoms with Gasteiger partial charge in [-0.2, -0.15) is 0 Å². The number of nitrogens with zero attached hydrogens (tertiary/aromatic N) is 1. The van der Waals surface area contributed by atoms with Crippen LogP contribution in [0, 0.1) is 12.7 Å². The highest BCUT2D eigenvalue weighted by Gasteiger charge is 2.33. The van der Waals surface area contributed by atoms with E-state index < -0.39 is 21.9 Å². The molecular formula is C20H21FN2O4S. The average Bonchev–Trinajstić information content (AvgIpc) is 3.32. The Morgan fingerprint density at radius 3 is 2.79 bits per heavy atom. The van der Waals surface area contributed by atoms with Gasteiger partial charge >= 0.3 is 0 Å². The third-order valence-electron chi connectivity index (χ3n) is 5.14. The van der Waals surface area contributed by atoms with Crippen LogP contribution < -0.4 is 9.62 Å². The van der Waals surface area contributed by atoms with Crippen LogP contribution in [0.5, 0.6) is 0 Å². The Bertz CT molecular complexity index is 1030. The second kappa shape index (κ2) is 7.18. The quantitative estimate of drug-likeness (QED) is 0.850. The molecule has 0 saturated carbocycles. The number of rotatable bonds is 4. The van der Waals surface area contributed by atoms with Crippen molar-refractivity contribution in [3.63, 3.8) is 0 Å². The molecule has 0 spiro atoms. The number of carbonyl (C=O) groups excluding carboxylic acids is 1. The fourth-order valence-electron chi connectivity index (χ4n) is 3.62. The molecule has 1 N–H and O–H groups in total. The van der Waals surface area contributed by atoms with Crippen molar-refractivity contribution in [3.8, 4) is 0 Å². The Morgan fingerprint density at radius 2 is 2.07 bits per heavy atom. The van der Waals surface area contributed by atoms with Crippen LogP contribution in [0.2, 0.25) is 0 Å². The highest BCUT2D eigenvalue weighted by atomic mass is 32.2. The van der Waals surface area contributed by atoms with Gasteiger partial charge in [-0.1, -0.05) is 6.07 Å². The van der Waals surface area contributed by atoms with Crippen LogP contribution in [0.3, 0.4) is 0 Å². The summed E-state index contributed by atoms with van der Waals surface area (Å²) >= 11 is 0. The van der Waals surface area contributed by atoms with E-state index in [-0.39, 0.29) is 16.4 Å². The van der Waals surface area contributed by atoms with Crippen LogP contribution in [0.15, 0.2) is 41.3 Å². The summed E-state index contributed by atoms with van der Waals surface area (Å²) in [5.41, 5.74) is 2.31. The smallest absolute Gasteiger partial charge is 0.261 e. The lowest BCUT2D eigenvalue weighted by Crippen LogP contribution is -2.37. The molecule has 1 unspecified atom stereocenters. The van der Waals surface area contributed by atoms with E-state index >= 15 is 0 Å². The summed E-state index contributed by atoms with van der Waals surface area (Å²) in [6, 6.07) is 8.82. The molecule has 2 heterocycles. The van der Waals surface area contributed by atoms with Crippen molar-refractivity contribution in [1.29, 1.82) is 0 Å². The highest BCUT2D eigenvalue weighted by Crippen LogP contribution is 2.33. The molecule has 148 valence electrons. The lowest BCUT2D eigenvalue weighted by atomic mass is 10.1. The molecule has 1 atom stereocenters. The summed E-state index contributed by atoms with van der Waals surface area (Å²) in [7, 11) is -3.87. The topological polar surface area (TPSA) is 75.7 Å². The maximum Gasteiger partial charge on any atom is 0.261 e.